The minimum Gasteiger partial charge on any atom is -0.507 e. The second kappa shape index (κ2) is 7.00. The zero-order valence-corrected chi connectivity index (χ0v) is 14.7. The van der Waals surface area contributed by atoms with Crippen LogP contribution >= 0.6 is 0 Å². The molecule has 0 saturated heterocycles. The molecule has 1 heterocycles. The second-order valence-corrected chi connectivity index (χ2v) is 6.25. The van der Waals surface area contributed by atoms with E-state index in [1.807, 2.05) is 0 Å². The van der Waals surface area contributed by atoms with Gasteiger partial charge in [0.25, 0.3) is 11.8 Å². The van der Waals surface area contributed by atoms with Crippen molar-refractivity contribution in [3.8, 4) is 5.75 Å². The van der Waals surface area contributed by atoms with Crippen molar-refractivity contribution in [3.05, 3.63) is 95.1 Å². The average molecular weight is 373 g/mol. The monoisotopic (exact) mass is 373 g/mol. The zero-order valence-electron chi connectivity index (χ0n) is 14.7. The summed E-state index contributed by atoms with van der Waals surface area (Å²) < 4.78 is 5.21. The molecule has 0 aromatic heterocycles. The number of hydrogen-bond acceptors (Lipinski definition) is 5. The summed E-state index contributed by atoms with van der Waals surface area (Å²) in [5.41, 5.74) is 1.98. The van der Waals surface area contributed by atoms with Gasteiger partial charge in [0.05, 0.1) is 16.8 Å². The molecule has 1 aliphatic heterocycles. The Morgan fingerprint density at radius 1 is 0.821 bits per heavy atom. The molecule has 0 spiro atoms. The summed E-state index contributed by atoms with van der Waals surface area (Å²) >= 11 is 0. The molecule has 1 aliphatic rings. The molecule has 138 valence electrons. The summed E-state index contributed by atoms with van der Waals surface area (Å²) in [6, 6.07) is 19.4. The van der Waals surface area contributed by atoms with Crippen LogP contribution in [0.4, 0.5) is 5.69 Å². The van der Waals surface area contributed by atoms with Crippen LogP contribution in [0.2, 0.25) is 0 Å². The Morgan fingerprint density at radius 3 is 2.00 bits per heavy atom. The summed E-state index contributed by atoms with van der Waals surface area (Å²) in [7, 11) is 0. The van der Waals surface area contributed by atoms with Gasteiger partial charge in [0.2, 0.25) is 0 Å². The van der Waals surface area contributed by atoms with E-state index in [-0.39, 0.29) is 29.7 Å². The first-order valence-electron chi connectivity index (χ1n) is 8.58. The lowest BCUT2D eigenvalue weighted by Crippen LogP contribution is -2.29. The molecule has 6 heteroatoms. The predicted octanol–water partition coefficient (Wildman–Crippen LogP) is 3.55. The summed E-state index contributed by atoms with van der Waals surface area (Å²) in [6.45, 7) is -0.00440. The van der Waals surface area contributed by atoms with Crippen molar-refractivity contribution in [1.82, 2.24) is 0 Å². The number of carbonyl (C=O) groups excluding carboxylic acids is 3. The highest BCUT2D eigenvalue weighted by Crippen LogP contribution is 2.28. The van der Waals surface area contributed by atoms with Crippen molar-refractivity contribution in [1.29, 1.82) is 0 Å². The smallest absolute Gasteiger partial charge is 0.342 e. The first-order chi connectivity index (χ1) is 13.6. The van der Waals surface area contributed by atoms with Crippen LogP contribution in [0.3, 0.4) is 0 Å². The lowest BCUT2D eigenvalue weighted by molar-refractivity contribution is 0.0469. The van der Waals surface area contributed by atoms with E-state index in [4.69, 9.17) is 4.74 Å². The maximum absolute atomic E-state index is 12.5. The summed E-state index contributed by atoms with van der Waals surface area (Å²) in [6.07, 6.45) is 0. The number of carbonyl (C=O) groups is 3. The first kappa shape index (κ1) is 17.5. The number of nitrogens with zero attached hydrogens (tertiary/aromatic N) is 1. The van der Waals surface area contributed by atoms with Gasteiger partial charge in [-0.05, 0) is 42.0 Å². The Kier molecular flexibility index (Phi) is 4.37. The standard InChI is InChI=1S/C22H15NO5/c24-19-8-4-3-7-18(19)22(27)28-13-14-9-11-15(12-10-14)23-20(25)16-5-1-2-6-17(16)21(23)26/h1-12,24H,13H2. The molecule has 0 unspecified atom stereocenters. The number of para-hydroxylation sites is 1. The molecule has 3 aromatic carbocycles. The summed E-state index contributed by atoms with van der Waals surface area (Å²) in [4.78, 5) is 38.2. The van der Waals surface area contributed by atoms with E-state index in [0.717, 1.165) is 4.90 Å². The number of imide groups is 1. The first-order valence-corrected chi connectivity index (χ1v) is 8.58. The molecule has 4 rings (SSSR count). The zero-order chi connectivity index (χ0) is 19.7. The lowest BCUT2D eigenvalue weighted by atomic mass is 10.1. The number of benzene rings is 3. The van der Waals surface area contributed by atoms with Gasteiger partial charge in [0, 0.05) is 0 Å². The topological polar surface area (TPSA) is 83.9 Å². The third kappa shape index (κ3) is 3.01. The maximum Gasteiger partial charge on any atom is 0.342 e. The average Bonchev–Trinajstić information content (AvgIpc) is 2.98. The number of anilines is 1. The fourth-order valence-electron chi connectivity index (χ4n) is 3.04. The van der Waals surface area contributed by atoms with E-state index < -0.39 is 5.97 Å². The van der Waals surface area contributed by atoms with Crippen molar-refractivity contribution in [3.63, 3.8) is 0 Å². The lowest BCUT2D eigenvalue weighted by Gasteiger charge is -2.14. The van der Waals surface area contributed by atoms with E-state index in [1.165, 1.54) is 12.1 Å². The third-order valence-electron chi connectivity index (χ3n) is 4.48. The van der Waals surface area contributed by atoms with Crippen LogP contribution in [-0.2, 0) is 11.3 Å². The highest BCUT2D eigenvalue weighted by atomic mass is 16.5. The largest absolute Gasteiger partial charge is 0.507 e. The van der Waals surface area contributed by atoms with Crippen LogP contribution < -0.4 is 4.90 Å². The highest BCUT2D eigenvalue weighted by Gasteiger charge is 2.36. The number of ether oxygens (including phenoxy) is 1. The number of amides is 2. The third-order valence-corrected chi connectivity index (χ3v) is 4.48. The molecule has 1 N–H and O–H groups in total. The van der Waals surface area contributed by atoms with Crippen LogP contribution in [0.15, 0.2) is 72.8 Å². The summed E-state index contributed by atoms with van der Waals surface area (Å²) in [5, 5.41) is 9.69. The van der Waals surface area contributed by atoms with E-state index >= 15 is 0 Å². The van der Waals surface area contributed by atoms with Crippen molar-refractivity contribution in [2.45, 2.75) is 6.61 Å². The Balaban J connectivity index is 1.47. The molecule has 0 saturated carbocycles. The Morgan fingerprint density at radius 2 is 1.39 bits per heavy atom. The van der Waals surface area contributed by atoms with Gasteiger partial charge in [-0.1, -0.05) is 36.4 Å². The summed E-state index contributed by atoms with van der Waals surface area (Å²) in [5.74, 6) is -1.50. The van der Waals surface area contributed by atoms with Gasteiger partial charge in [0.1, 0.15) is 17.9 Å². The van der Waals surface area contributed by atoms with Gasteiger partial charge in [-0.3, -0.25) is 9.59 Å². The molecule has 6 nitrogen and oxygen atoms in total. The quantitative estimate of drug-likeness (QED) is 0.558. The molecule has 0 bridgehead atoms. The molecule has 0 fully saturated rings. The van der Waals surface area contributed by atoms with Gasteiger partial charge >= 0.3 is 5.97 Å². The Bertz CT molecular complexity index is 1050. The van der Waals surface area contributed by atoms with Crippen LogP contribution in [0.1, 0.15) is 36.6 Å². The van der Waals surface area contributed by atoms with Gasteiger partial charge in [-0.15, -0.1) is 0 Å². The van der Waals surface area contributed by atoms with Crippen LogP contribution in [0.5, 0.6) is 5.75 Å². The van der Waals surface area contributed by atoms with Crippen molar-refractivity contribution >= 4 is 23.5 Å². The second-order valence-electron chi connectivity index (χ2n) is 6.25. The number of aromatic hydroxyl groups is 1. The highest BCUT2D eigenvalue weighted by molar-refractivity contribution is 6.34. The van der Waals surface area contributed by atoms with E-state index in [2.05, 4.69) is 0 Å². The number of hydrogen-bond donors (Lipinski definition) is 1. The minimum atomic E-state index is -0.637. The van der Waals surface area contributed by atoms with E-state index in [0.29, 0.717) is 22.4 Å². The molecule has 0 atom stereocenters. The molecule has 2 amide bonds. The predicted molar refractivity (Wildman–Crippen MR) is 101 cm³/mol. The van der Waals surface area contributed by atoms with Crippen molar-refractivity contribution in [2.75, 3.05) is 4.90 Å². The number of rotatable bonds is 4. The number of fused-ring (bicyclic) bond motifs is 1. The van der Waals surface area contributed by atoms with Gasteiger partial charge in [-0.25, -0.2) is 9.69 Å². The Labute approximate surface area is 160 Å². The fourth-order valence-corrected chi connectivity index (χ4v) is 3.04. The molecular weight excluding hydrogens is 358 g/mol. The number of phenolic OH excluding ortho intramolecular Hbond substituents is 1. The molecule has 3 aromatic rings. The van der Waals surface area contributed by atoms with Gasteiger partial charge in [0.15, 0.2) is 0 Å². The van der Waals surface area contributed by atoms with Crippen molar-refractivity contribution < 1.29 is 24.2 Å². The van der Waals surface area contributed by atoms with Gasteiger partial charge < -0.3 is 9.84 Å². The van der Waals surface area contributed by atoms with E-state index in [9.17, 15) is 19.5 Å². The van der Waals surface area contributed by atoms with Crippen LogP contribution in [-0.4, -0.2) is 22.9 Å². The molecule has 0 radical (unpaired) electrons. The molecule has 0 aliphatic carbocycles. The SMILES string of the molecule is O=C(OCc1ccc(N2C(=O)c3ccccc3C2=O)cc1)c1ccccc1O. The van der Waals surface area contributed by atoms with Crippen molar-refractivity contribution in [2.24, 2.45) is 0 Å². The normalized spacial score (nSPS) is 12.8. The van der Waals surface area contributed by atoms with Gasteiger partial charge in [-0.2, -0.15) is 0 Å². The Hall–Kier alpha value is -3.93. The maximum atomic E-state index is 12.5. The van der Waals surface area contributed by atoms with Crippen LogP contribution in [0, 0.1) is 0 Å². The number of phenols is 1. The molecule has 28 heavy (non-hydrogen) atoms. The van der Waals surface area contributed by atoms with Crippen LogP contribution in [0.25, 0.3) is 0 Å². The minimum absolute atomic E-state index is 0.00440. The van der Waals surface area contributed by atoms with E-state index in [1.54, 1.807) is 60.7 Å². The number of esters is 1. The molecular formula is C22H15NO5. The fraction of sp³-hybridized carbons (Fsp3) is 0.0455.